The highest BCUT2D eigenvalue weighted by molar-refractivity contribution is 5.67. The van der Waals surface area contributed by atoms with E-state index in [1.807, 2.05) is 0 Å². The van der Waals surface area contributed by atoms with Gasteiger partial charge in [0.05, 0.1) is 0 Å². The summed E-state index contributed by atoms with van der Waals surface area (Å²) in [6.45, 7) is 11.0. The molecule has 1 fully saturated rings. The van der Waals surface area contributed by atoms with Crippen molar-refractivity contribution in [1.29, 1.82) is 0 Å². The van der Waals surface area contributed by atoms with Crippen molar-refractivity contribution >= 4 is 5.97 Å². The fraction of sp³-hybridized carbons (Fsp3) is 0.923. The Kier molecular flexibility index (Phi) is 4.36. The summed E-state index contributed by atoms with van der Waals surface area (Å²) in [6.07, 6.45) is 2.47. The van der Waals surface area contributed by atoms with Crippen LogP contribution in [-0.4, -0.2) is 35.1 Å². The Bertz CT molecular complexity index is 245. The van der Waals surface area contributed by atoms with Crippen molar-refractivity contribution in [2.24, 2.45) is 11.3 Å². The summed E-state index contributed by atoms with van der Waals surface area (Å²) in [5.41, 5.74) is 0.277. The van der Waals surface area contributed by atoms with Gasteiger partial charge in [0.2, 0.25) is 0 Å². The normalized spacial score (nSPS) is 27.2. The van der Waals surface area contributed by atoms with Gasteiger partial charge in [-0.2, -0.15) is 0 Å². The summed E-state index contributed by atoms with van der Waals surface area (Å²) in [7, 11) is 0. The number of nitrogens with zero attached hydrogens (tertiary/aromatic N) is 1. The second kappa shape index (κ2) is 5.17. The molecule has 1 saturated heterocycles. The number of carbonyl (C=O) groups is 1. The lowest BCUT2D eigenvalue weighted by molar-refractivity contribution is -0.138. The Balaban J connectivity index is 2.66. The molecule has 0 aromatic carbocycles. The molecule has 0 amide bonds. The zero-order chi connectivity index (χ0) is 12.3. The van der Waals surface area contributed by atoms with Gasteiger partial charge in [-0.15, -0.1) is 0 Å². The van der Waals surface area contributed by atoms with E-state index in [0.717, 1.165) is 25.9 Å². The number of carboxylic acid groups (broad SMARTS) is 1. The summed E-state index contributed by atoms with van der Waals surface area (Å²) in [5.74, 6) is -0.307. The van der Waals surface area contributed by atoms with E-state index in [1.165, 1.54) is 0 Å². The zero-order valence-electron chi connectivity index (χ0n) is 11.0. The number of carboxylic acids is 1. The minimum absolute atomic E-state index is 0.277. The molecule has 1 aliphatic rings. The van der Waals surface area contributed by atoms with Crippen LogP contribution in [0.5, 0.6) is 0 Å². The molecule has 0 aliphatic carbocycles. The van der Waals surface area contributed by atoms with E-state index >= 15 is 0 Å². The molecule has 3 heteroatoms. The fourth-order valence-electron chi connectivity index (χ4n) is 2.77. The summed E-state index contributed by atoms with van der Waals surface area (Å²) in [5, 5.41) is 8.93. The van der Waals surface area contributed by atoms with Crippen molar-refractivity contribution in [1.82, 2.24) is 4.90 Å². The van der Waals surface area contributed by atoms with Crippen LogP contribution >= 0.6 is 0 Å². The van der Waals surface area contributed by atoms with Gasteiger partial charge in [-0.1, -0.05) is 27.7 Å². The van der Waals surface area contributed by atoms with Crippen LogP contribution in [0.15, 0.2) is 0 Å². The SMILES string of the molecule is CCN1CC[C@H](CC(=O)O)[C@H]1CC(C)(C)C. The van der Waals surface area contributed by atoms with Crippen LogP contribution in [0.2, 0.25) is 0 Å². The first-order valence-corrected chi connectivity index (χ1v) is 6.29. The zero-order valence-corrected chi connectivity index (χ0v) is 11.0. The molecule has 0 aromatic rings. The molecule has 94 valence electrons. The van der Waals surface area contributed by atoms with E-state index in [9.17, 15) is 4.79 Å². The first-order chi connectivity index (χ1) is 7.33. The maximum atomic E-state index is 10.8. The lowest BCUT2D eigenvalue weighted by Gasteiger charge is -2.32. The van der Waals surface area contributed by atoms with Crippen molar-refractivity contribution in [3.05, 3.63) is 0 Å². The van der Waals surface area contributed by atoms with Gasteiger partial charge < -0.3 is 10.0 Å². The third-order valence-corrected chi connectivity index (χ3v) is 3.46. The van der Waals surface area contributed by atoms with Gasteiger partial charge in [0.25, 0.3) is 0 Å². The van der Waals surface area contributed by atoms with Crippen LogP contribution in [0.1, 0.15) is 47.0 Å². The van der Waals surface area contributed by atoms with Crippen molar-refractivity contribution in [2.45, 2.75) is 53.0 Å². The Labute approximate surface area is 98.8 Å². The topological polar surface area (TPSA) is 40.5 Å². The van der Waals surface area contributed by atoms with Crippen LogP contribution < -0.4 is 0 Å². The van der Waals surface area contributed by atoms with Crippen LogP contribution in [0, 0.1) is 11.3 Å². The minimum atomic E-state index is -0.651. The van der Waals surface area contributed by atoms with E-state index in [4.69, 9.17) is 5.11 Å². The molecule has 1 N–H and O–H groups in total. The molecule has 1 heterocycles. The third-order valence-electron chi connectivity index (χ3n) is 3.46. The Morgan fingerprint density at radius 1 is 1.44 bits per heavy atom. The van der Waals surface area contributed by atoms with Crippen molar-refractivity contribution < 1.29 is 9.90 Å². The van der Waals surface area contributed by atoms with Crippen LogP contribution in [0.3, 0.4) is 0 Å². The number of hydrogen-bond donors (Lipinski definition) is 1. The van der Waals surface area contributed by atoms with Crippen LogP contribution in [-0.2, 0) is 4.79 Å². The monoisotopic (exact) mass is 227 g/mol. The molecule has 3 nitrogen and oxygen atoms in total. The molecular formula is C13H25NO2. The summed E-state index contributed by atoms with van der Waals surface area (Å²) < 4.78 is 0. The second-order valence-corrected chi connectivity index (χ2v) is 6.11. The molecule has 1 rings (SSSR count). The number of hydrogen-bond acceptors (Lipinski definition) is 2. The quantitative estimate of drug-likeness (QED) is 0.802. The van der Waals surface area contributed by atoms with Crippen molar-refractivity contribution in [3.8, 4) is 0 Å². The van der Waals surface area contributed by atoms with Gasteiger partial charge in [0.15, 0.2) is 0 Å². The smallest absolute Gasteiger partial charge is 0.303 e. The first kappa shape index (κ1) is 13.5. The molecule has 0 saturated carbocycles. The summed E-state index contributed by atoms with van der Waals surface area (Å²) >= 11 is 0. The van der Waals surface area contributed by atoms with E-state index in [-0.39, 0.29) is 5.41 Å². The highest BCUT2D eigenvalue weighted by Crippen LogP contribution is 2.35. The van der Waals surface area contributed by atoms with E-state index in [1.54, 1.807) is 0 Å². The molecule has 0 bridgehead atoms. The highest BCUT2D eigenvalue weighted by Gasteiger charge is 2.36. The van der Waals surface area contributed by atoms with Gasteiger partial charge >= 0.3 is 5.97 Å². The fourth-order valence-corrected chi connectivity index (χ4v) is 2.77. The van der Waals surface area contributed by atoms with Gasteiger partial charge in [-0.25, -0.2) is 0 Å². The molecule has 16 heavy (non-hydrogen) atoms. The predicted octanol–water partition coefficient (Wildman–Crippen LogP) is 2.61. The molecule has 1 aliphatic heterocycles. The average molecular weight is 227 g/mol. The maximum Gasteiger partial charge on any atom is 0.303 e. The largest absolute Gasteiger partial charge is 0.481 e. The van der Waals surface area contributed by atoms with Crippen molar-refractivity contribution in [3.63, 3.8) is 0 Å². The first-order valence-electron chi connectivity index (χ1n) is 6.29. The molecule has 0 aromatic heterocycles. The van der Waals surface area contributed by atoms with E-state index < -0.39 is 5.97 Å². The standard InChI is InChI=1S/C13H25NO2/c1-5-14-7-6-10(8-12(15)16)11(14)9-13(2,3)4/h10-11H,5-9H2,1-4H3,(H,15,16)/t10-,11-/m1/s1. The van der Waals surface area contributed by atoms with Crippen LogP contribution in [0.25, 0.3) is 0 Å². The number of rotatable bonds is 4. The second-order valence-electron chi connectivity index (χ2n) is 6.11. The average Bonchev–Trinajstić information content (AvgIpc) is 2.45. The Morgan fingerprint density at radius 3 is 2.50 bits per heavy atom. The van der Waals surface area contributed by atoms with E-state index in [0.29, 0.717) is 18.4 Å². The summed E-state index contributed by atoms with van der Waals surface area (Å²) in [6, 6.07) is 0.459. The Morgan fingerprint density at radius 2 is 2.06 bits per heavy atom. The molecule has 0 spiro atoms. The van der Waals surface area contributed by atoms with Gasteiger partial charge in [0.1, 0.15) is 0 Å². The molecular weight excluding hydrogens is 202 g/mol. The third kappa shape index (κ3) is 3.78. The number of aliphatic carboxylic acids is 1. The minimum Gasteiger partial charge on any atom is -0.481 e. The lowest BCUT2D eigenvalue weighted by atomic mass is 9.82. The molecule has 2 atom stereocenters. The number of likely N-dealkylation sites (tertiary alicyclic amines) is 1. The van der Waals surface area contributed by atoms with Gasteiger partial charge in [-0.05, 0) is 37.3 Å². The molecule has 0 unspecified atom stereocenters. The predicted molar refractivity (Wildman–Crippen MR) is 65.5 cm³/mol. The Hall–Kier alpha value is -0.570. The van der Waals surface area contributed by atoms with E-state index in [2.05, 4.69) is 32.6 Å². The lowest BCUT2D eigenvalue weighted by Crippen LogP contribution is -2.36. The van der Waals surface area contributed by atoms with Gasteiger partial charge in [0, 0.05) is 12.5 Å². The van der Waals surface area contributed by atoms with Crippen molar-refractivity contribution in [2.75, 3.05) is 13.1 Å². The highest BCUT2D eigenvalue weighted by atomic mass is 16.4. The molecule has 0 radical (unpaired) electrons. The summed E-state index contributed by atoms with van der Waals surface area (Å²) in [4.78, 5) is 13.3. The van der Waals surface area contributed by atoms with Gasteiger partial charge in [-0.3, -0.25) is 4.79 Å². The van der Waals surface area contributed by atoms with Crippen LogP contribution in [0.4, 0.5) is 0 Å². The maximum absolute atomic E-state index is 10.8.